The highest BCUT2D eigenvalue weighted by atomic mass is 16.3. The van der Waals surface area contributed by atoms with Crippen molar-refractivity contribution in [3.05, 3.63) is 23.8 Å². The Hall–Kier alpha value is -0.640. The number of fused-ring (bicyclic) bond motifs is 1. The van der Waals surface area contributed by atoms with Crippen LogP contribution < -0.4 is 0 Å². The molecule has 0 radical (unpaired) electrons. The van der Waals surface area contributed by atoms with Crippen LogP contribution in [0, 0.1) is 17.8 Å². The molecule has 3 nitrogen and oxygen atoms in total. The Bertz CT molecular complexity index is 558. The molecule has 0 aromatic heterocycles. The highest BCUT2D eigenvalue weighted by Crippen LogP contribution is 2.48. The maximum Gasteiger partial charge on any atom is 0.0654 e. The van der Waals surface area contributed by atoms with Gasteiger partial charge in [-0.1, -0.05) is 43.6 Å². The maximum atomic E-state index is 10.6. The number of rotatable bonds is 11. The van der Waals surface area contributed by atoms with E-state index in [1.807, 2.05) is 6.92 Å². The van der Waals surface area contributed by atoms with Crippen LogP contribution in [-0.2, 0) is 0 Å². The van der Waals surface area contributed by atoms with Crippen LogP contribution in [0.1, 0.15) is 92.4 Å². The molecule has 0 bridgehead atoms. The maximum absolute atomic E-state index is 10.6. The van der Waals surface area contributed by atoms with E-state index in [2.05, 4.69) is 57.9 Å². The lowest BCUT2D eigenvalue weighted by atomic mass is 9.87. The Labute approximate surface area is 180 Å². The molecule has 0 heterocycles. The Kier molecular flexibility index (Phi) is 9.00. The zero-order valence-electron chi connectivity index (χ0n) is 20.0. The van der Waals surface area contributed by atoms with Gasteiger partial charge in [0.1, 0.15) is 0 Å². The molecule has 1 fully saturated rings. The minimum atomic E-state index is -0.616. The topological polar surface area (TPSA) is 43.7 Å². The summed E-state index contributed by atoms with van der Waals surface area (Å²) in [4.78, 5) is 2.44. The minimum absolute atomic E-state index is 0.222. The van der Waals surface area contributed by atoms with Crippen LogP contribution in [0.15, 0.2) is 23.8 Å². The number of hydrogen-bond acceptors (Lipinski definition) is 3. The normalized spacial score (nSPS) is 29.5. The van der Waals surface area contributed by atoms with E-state index in [-0.39, 0.29) is 17.6 Å². The lowest BCUT2D eigenvalue weighted by molar-refractivity contribution is 0.0513. The zero-order chi connectivity index (χ0) is 21.7. The van der Waals surface area contributed by atoms with Crippen molar-refractivity contribution in [2.75, 3.05) is 13.6 Å². The number of hydrogen-bond donors (Lipinski definition) is 2. The average molecular weight is 406 g/mol. The van der Waals surface area contributed by atoms with Crippen LogP contribution >= 0.6 is 0 Å². The Morgan fingerprint density at radius 1 is 1.17 bits per heavy atom. The second kappa shape index (κ2) is 10.6. The third-order valence-corrected chi connectivity index (χ3v) is 7.32. The van der Waals surface area contributed by atoms with Gasteiger partial charge in [-0.2, -0.15) is 0 Å². The van der Waals surface area contributed by atoms with Gasteiger partial charge < -0.3 is 15.1 Å². The molecule has 0 spiro atoms. The number of unbranched alkanes of at least 4 members (excludes halogenated alkanes) is 2. The van der Waals surface area contributed by atoms with Crippen LogP contribution in [0.25, 0.3) is 0 Å². The molecule has 29 heavy (non-hydrogen) atoms. The highest BCUT2D eigenvalue weighted by Gasteiger charge is 2.43. The second-order valence-electron chi connectivity index (χ2n) is 11.0. The predicted octanol–water partition coefficient (Wildman–Crippen LogP) is 5.72. The fourth-order valence-corrected chi connectivity index (χ4v) is 4.97. The van der Waals surface area contributed by atoms with Crippen LogP contribution in [-0.4, -0.2) is 45.9 Å². The van der Waals surface area contributed by atoms with Gasteiger partial charge in [-0.25, -0.2) is 0 Å². The number of aliphatic hydroxyl groups is 2. The van der Waals surface area contributed by atoms with Crippen LogP contribution in [0.3, 0.4) is 0 Å². The Balaban J connectivity index is 1.78. The summed E-state index contributed by atoms with van der Waals surface area (Å²) in [6.07, 6.45) is 16.1. The van der Waals surface area contributed by atoms with E-state index in [0.29, 0.717) is 18.3 Å². The average Bonchev–Trinajstić information content (AvgIpc) is 3.13. The highest BCUT2D eigenvalue weighted by molar-refractivity contribution is 5.20. The molecule has 2 N–H and O–H groups in total. The van der Waals surface area contributed by atoms with Gasteiger partial charge >= 0.3 is 0 Å². The van der Waals surface area contributed by atoms with Gasteiger partial charge in [-0.15, -0.1) is 0 Å². The summed E-state index contributed by atoms with van der Waals surface area (Å²) in [6, 6.07) is 0. The van der Waals surface area contributed by atoms with E-state index in [9.17, 15) is 10.2 Å². The third-order valence-electron chi connectivity index (χ3n) is 7.32. The molecule has 5 atom stereocenters. The summed E-state index contributed by atoms with van der Waals surface area (Å²) < 4.78 is 0. The van der Waals surface area contributed by atoms with Crippen molar-refractivity contribution in [3.63, 3.8) is 0 Å². The molecule has 2 aliphatic carbocycles. The van der Waals surface area contributed by atoms with Crippen molar-refractivity contribution in [2.45, 2.75) is 110 Å². The molecule has 0 aliphatic heterocycles. The molecule has 0 aromatic carbocycles. The van der Waals surface area contributed by atoms with Gasteiger partial charge in [0.05, 0.1) is 11.7 Å². The molecule has 0 unspecified atom stereocenters. The third kappa shape index (κ3) is 7.52. The smallest absolute Gasteiger partial charge is 0.0654 e. The van der Waals surface area contributed by atoms with Crippen molar-refractivity contribution in [1.29, 1.82) is 0 Å². The SMILES string of the molecule is CCCC[C@](C)(O)CC=C[C@@H]1[C@H]2CC(CCCCN(C)C(C)(C)C)=C[C@H]2C[C@H]1O. The fourth-order valence-electron chi connectivity index (χ4n) is 4.97. The molecular formula is C26H47NO2. The van der Waals surface area contributed by atoms with Gasteiger partial charge in [0, 0.05) is 11.5 Å². The molecular weight excluding hydrogens is 358 g/mol. The molecule has 0 saturated heterocycles. The van der Waals surface area contributed by atoms with Gasteiger partial charge in [0.25, 0.3) is 0 Å². The summed E-state index contributed by atoms with van der Waals surface area (Å²) in [7, 11) is 2.22. The van der Waals surface area contributed by atoms with Crippen LogP contribution in [0.2, 0.25) is 0 Å². The molecule has 2 rings (SSSR count). The first kappa shape index (κ1) is 24.6. The van der Waals surface area contributed by atoms with Gasteiger partial charge in [0.15, 0.2) is 0 Å². The lowest BCUT2D eigenvalue weighted by Gasteiger charge is -2.31. The van der Waals surface area contributed by atoms with Gasteiger partial charge in [-0.3, -0.25) is 0 Å². The number of aliphatic hydroxyl groups excluding tert-OH is 1. The largest absolute Gasteiger partial charge is 0.392 e. The van der Waals surface area contributed by atoms with Gasteiger partial charge in [-0.05, 0) is 98.1 Å². The molecule has 168 valence electrons. The summed E-state index contributed by atoms with van der Waals surface area (Å²) in [5.74, 6) is 1.37. The lowest BCUT2D eigenvalue weighted by Crippen LogP contribution is -2.38. The molecule has 3 heteroatoms. The minimum Gasteiger partial charge on any atom is -0.392 e. The van der Waals surface area contributed by atoms with Crippen molar-refractivity contribution in [1.82, 2.24) is 4.90 Å². The van der Waals surface area contributed by atoms with Crippen LogP contribution in [0.5, 0.6) is 0 Å². The van der Waals surface area contributed by atoms with Crippen molar-refractivity contribution in [2.24, 2.45) is 17.8 Å². The molecule has 1 saturated carbocycles. The van der Waals surface area contributed by atoms with Gasteiger partial charge in [0.2, 0.25) is 0 Å². The second-order valence-corrected chi connectivity index (χ2v) is 11.0. The molecule has 0 amide bonds. The van der Waals surface area contributed by atoms with E-state index < -0.39 is 5.60 Å². The quantitative estimate of drug-likeness (QED) is 0.341. The van der Waals surface area contributed by atoms with E-state index in [0.717, 1.165) is 38.6 Å². The van der Waals surface area contributed by atoms with E-state index in [4.69, 9.17) is 0 Å². The summed E-state index contributed by atoms with van der Waals surface area (Å²) >= 11 is 0. The standard InChI is InChI=1S/C26H47NO2/c1-7-8-14-26(5,29)15-11-13-22-23-18-20(17-21(23)19-24(22)28)12-9-10-16-27(6)25(2,3)4/h11,13,17,21-24,28-29H,7-10,12,14-16,18-19H2,1-6H3/t21-,22+,23-,24+,26-/m0/s1. The monoisotopic (exact) mass is 405 g/mol. The first-order valence-electron chi connectivity index (χ1n) is 12.0. The van der Waals surface area contributed by atoms with E-state index in [1.54, 1.807) is 5.57 Å². The molecule has 2 aliphatic rings. The van der Waals surface area contributed by atoms with Crippen molar-refractivity contribution in [3.8, 4) is 0 Å². The first-order chi connectivity index (χ1) is 13.5. The Morgan fingerprint density at radius 2 is 1.90 bits per heavy atom. The summed E-state index contributed by atoms with van der Waals surface area (Å²) in [6.45, 7) is 12.1. The van der Waals surface area contributed by atoms with E-state index >= 15 is 0 Å². The first-order valence-corrected chi connectivity index (χ1v) is 12.0. The fraction of sp³-hybridized carbons (Fsp3) is 0.846. The van der Waals surface area contributed by atoms with Crippen LogP contribution in [0.4, 0.5) is 0 Å². The summed E-state index contributed by atoms with van der Waals surface area (Å²) in [5, 5.41) is 21.1. The zero-order valence-corrected chi connectivity index (χ0v) is 20.0. The number of allylic oxidation sites excluding steroid dienone is 2. The Morgan fingerprint density at radius 3 is 2.55 bits per heavy atom. The summed E-state index contributed by atoms with van der Waals surface area (Å²) in [5.41, 5.74) is 1.24. The van der Waals surface area contributed by atoms with Crippen molar-refractivity contribution < 1.29 is 10.2 Å². The van der Waals surface area contributed by atoms with Crippen molar-refractivity contribution >= 4 is 0 Å². The molecule has 0 aromatic rings. The predicted molar refractivity (Wildman–Crippen MR) is 124 cm³/mol. The number of nitrogens with zero attached hydrogens (tertiary/aromatic N) is 1. The van der Waals surface area contributed by atoms with E-state index in [1.165, 1.54) is 19.3 Å².